The Morgan fingerprint density at radius 3 is 2.64 bits per heavy atom. The van der Waals surface area contributed by atoms with Crippen molar-refractivity contribution in [2.24, 2.45) is 0 Å². The second-order valence-corrected chi connectivity index (χ2v) is 8.90. The van der Waals surface area contributed by atoms with E-state index in [4.69, 9.17) is 9.47 Å². The van der Waals surface area contributed by atoms with Crippen molar-refractivity contribution in [3.63, 3.8) is 0 Å². The number of benzene rings is 3. The highest BCUT2D eigenvalue weighted by Gasteiger charge is 2.26. The fourth-order valence-electron chi connectivity index (χ4n) is 4.07. The van der Waals surface area contributed by atoms with Crippen LogP contribution in [0.4, 0.5) is 9.52 Å². The maximum Gasteiger partial charge on any atom is 0.263 e. The van der Waals surface area contributed by atoms with Crippen LogP contribution in [0, 0.1) is 5.82 Å². The lowest BCUT2D eigenvalue weighted by Gasteiger charge is -2.29. The molecule has 2 heterocycles. The van der Waals surface area contributed by atoms with Gasteiger partial charge in [0.25, 0.3) is 5.91 Å². The second kappa shape index (κ2) is 9.43. The standard InChI is InChI=1S/C25H24FN3O3S/c1-31-21-16-18-6-3-2-5-17(18)15-19(21)24(30)29(10-9-28-11-13-32-14-12-28)25-27-23-20(26)7-4-8-22(23)33-25/h2-8,15-16H,9-14H2,1H3. The van der Waals surface area contributed by atoms with E-state index in [1.54, 1.807) is 18.1 Å². The Balaban J connectivity index is 1.54. The zero-order valence-electron chi connectivity index (χ0n) is 18.3. The summed E-state index contributed by atoms with van der Waals surface area (Å²) in [5.74, 6) is -0.105. The summed E-state index contributed by atoms with van der Waals surface area (Å²) in [6.07, 6.45) is 0. The molecule has 0 spiro atoms. The number of aromatic nitrogens is 1. The van der Waals surface area contributed by atoms with E-state index in [0.717, 1.165) is 23.9 Å². The number of ether oxygens (including phenoxy) is 2. The molecule has 1 aliphatic rings. The van der Waals surface area contributed by atoms with Crippen LogP contribution in [0.15, 0.2) is 54.6 Å². The smallest absolute Gasteiger partial charge is 0.263 e. The number of hydrogen-bond donors (Lipinski definition) is 0. The summed E-state index contributed by atoms with van der Waals surface area (Å²) < 4.78 is 26.1. The van der Waals surface area contributed by atoms with E-state index in [1.165, 1.54) is 17.4 Å². The molecule has 0 bridgehead atoms. The fourth-order valence-corrected chi connectivity index (χ4v) is 5.07. The molecular weight excluding hydrogens is 441 g/mol. The van der Waals surface area contributed by atoms with Crippen molar-refractivity contribution in [1.82, 2.24) is 9.88 Å². The number of nitrogens with zero attached hydrogens (tertiary/aromatic N) is 3. The number of amides is 1. The zero-order valence-corrected chi connectivity index (χ0v) is 19.1. The van der Waals surface area contributed by atoms with Gasteiger partial charge in [0.1, 0.15) is 17.1 Å². The van der Waals surface area contributed by atoms with Crippen LogP contribution in [0.2, 0.25) is 0 Å². The van der Waals surface area contributed by atoms with E-state index in [-0.39, 0.29) is 17.2 Å². The van der Waals surface area contributed by atoms with Crippen molar-refractivity contribution in [3.8, 4) is 5.75 Å². The predicted molar refractivity (Wildman–Crippen MR) is 129 cm³/mol. The number of halogens is 1. The Morgan fingerprint density at radius 1 is 1.15 bits per heavy atom. The molecule has 6 nitrogen and oxygen atoms in total. The lowest BCUT2D eigenvalue weighted by Crippen LogP contribution is -2.43. The number of para-hydroxylation sites is 1. The number of methoxy groups -OCH3 is 1. The van der Waals surface area contributed by atoms with Gasteiger partial charge in [0.05, 0.1) is 30.6 Å². The Hall–Kier alpha value is -3.07. The van der Waals surface area contributed by atoms with Crippen LogP contribution in [-0.2, 0) is 4.74 Å². The van der Waals surface area contributed by atoms with Crippen molar-refractivity contribution in [3.05, 3.63) is 66.0 Å². The molecule has 3 aromatic carbocycles. The first-order valence-corrected chi connectivity index (χ1v) is 11.7. The summed E-state index contributed by atoms with van der Waals surface area (Å²) >= 11 is 1.32. The topological polar surface area (TPSA) is 54.9 Å². The molecule has 1 amide bonds. The molecule has 33 heavy (non-hydrogen) atoms. The van der Waals surface area contributed by atoms with Gasteiger partial charge in [-0.3, -0.25) is 14.6 Å². The number of rotatable bonds is 6. The van der Waals surface area contributed by atoms with Gasteiger partial charge >= 0.3 is 0 Å². The third-order valence-corrected chi connectivity index (χ3v) is 6.92. The van der Waals surface area contributed by atoms with Gasteiger partial charge in [-0.05, 0) is 35.0 Å². The number of fused-ring (bicyclic) bond motifs is 2. The Kier molecular flexibility index (Phi) is 6.22. The highest BCUT2D eigenvalue weighted by molar-refractivity contribution is 7.22. The first-order chi connectivity index (χ1) is 16.1. The predicted octanol–water partition coefficient (Wildman–Crippen LogP) is 4.58. The number of hydrogen-bond acceptors (Lipinski definition) is 6. The lowest BCUT2D eigenvalue weighted by atomic mass is 10.0. The monoisotopic (exact) mass is 465 g/mol. The molecule has 4 aromatic rings. The van der Waals surface area contributed by atoms with Crippen molar-refractivity contribution in [2.45, 2.75) is 0 Å². The van der Waals surface area contributed by atoms with Gasteiger partial charge in [-0.1, -0.05) is 41.7 Å². The minimum atomic E-state index is -0.390. The molecule has 1 aromatic heterocycles. The number of carbonyl (C=O) groups is 1. The summed E-state index contributed by atoms with van der Waals surface area (Å²) in [5, 5.41) is 2.42. The van der Waals surface area contributed by atoms with Crippen molar-refractivity contribution >= 4 is 43.4 Å². The van der Waals surface area contributed by atoms with Gasteiger partial charge in [0.2, 0.25) is 0 Å². The molecule has 0 atom stereocenters. The number of carbonyl (C=O) groups excluding carboxylic acids is 1. The largest absolute Gasteiger partial charge is 0.496 e. The summed E-state index contributed by atoms with van der Waals surface area (Å²) in [7, 11) is 1.56. The molecule has 1 saturated heterocycles. The van der Waals surface area contributed by atoms with Gasteiger partial charge in [-0.2, -0.15) is 0 Å². The molecule has 5 rings (SSSR count). The molecular formula is C25H24FN3O3S. The summed E-state index contributed by atoms with van der Waals surface area (Å²) in [4.78, 5) is 22.3. The van der Waals surface area contributed by atoms with E-state index in [2.05, 4.69) is 9.88 Å². The molecule has 0 aliphatic carbocycles. The first-order valence-electron chi connectivity index (χ1n) is 10.9. The fraction of sp³-hybridized carbons (Fsp3) is 0.280. The quantitative estimate of drug-likeness (QED) is 0.417. The highest BCUT2D eigenvalue weighted by Crippen LogP contribution is 2.33. The van der Waals surface area contributed by atoms with E-state index in [0.29, 0.717) is 47.4 Å². The zero-order chi connectivity index (χ0) is 22.8. The number of morpholine rings is 1. The number of anilines is 1. The molecule has 0 unspecified atom stereocenters. The summed E-state index contributed by atoms with van der Waals surface area (Å²) in [5.41, 5.74) is 0.741. The lowest BCUT2D eigenvalue weighted by molar-refractivity contribution is 0.0391. The van der Waals surface area contributed by atoms with Crippen molar-refractivity contribution in [1.29, 1.82) is 0 Å². The van der Waals surface area contributed by atoms with Gasteiger partial charge in [-0.25, -0.2) is 9.37 Å². The molecule has 0 N–H and O–H groups in total. The average molecular weight is 466 g/mol. The third-order valence-electron chi connectivity index (χ3n) is 5.88. The minimum absolute atomic E-state index is 0.217. The van der Waals surface area contributed by atoms with Gasteiger partial charge in [0, 0.05) is 26.2 Å². The van der Waals surface area contributed by atoms with Gasteiger partial charge in [0.15, 0.2) is 5.13 Å². The Bertz CT molecular complexity index is 1300. The van der Waals surface area contributed by atoms with E-state index in [9.17, 15) is 9.18 Å². The maximum absolute atomic E-state index is 14.4. The molecule has 8 heteroatoms. The minimum Gasteiger partial charge on any atom is -0.496 e. The normalized spacial score (nSPS) is 14.6. The molecule has 1 fully saturated rings. The maximum atomic E-state index is 14.4. The van der Waals surface area contributed by atoms with Crippen LogP contribution in [-0.4, -0.2) is 62.3 Å². The van der Waals surface area contributed by atoms with Gasteiger partial charge in [-0.15, -0.1) is 0 Å². The van der Waals surface area contributed by atoms with Crippen molar-refractivity contribution in [2.75, 3.05) is 51.4 Å². The molecule has 1 aliphatic heterocycles. The van der Waals surface area contributed by atoms with Crippen LogP contribution in [0.25, 0.3) is 21.0 Å². The van der Waals surface area contributed by atoms with Crippen LogP contribution < -0.4 is 9.64 Å². The first kappa shape index (κ1) is 21.8. The second-order valence-electron chi connectivity index (χ2n) is 7.89. The third kappa shape index (κ3) is 4.42. The van der Waals surface area contributed by atoms with E-state index >= 15 is 0 Å². The SMILES string of the molecule is COc1cc2ccccc2cc1C(=O)N(CCN1CCOCC1)c1nc2c(F)cccc2s1. The molecule has 0 saturated carbocycles. The molecule has 170 valence electrons. The molecule has 0 radical (unpaired) electrons. The van der Waals surface area contributed by atoms with Crippen LogP contribution in [0.3, 0.4) is 0 Å². The van der Waals surface area contributed by atoms with Crippen LogP contribution in [0.1, 0.15) is 10.4 Å². The highest BCUT2D eigenvalue weighted by atomic mass is 32.1. The van der Waals surface area contributed by atoms with E-state index < -0.39 is 0 Å². The summed E-state index contributed by atoms with van der Waals surface area (Å²) in [6.45, 7) is 4.09. The van der Waals surface area contributed by atoms with Gasteiger partial charge < -0.3 is 9.47 Å². The number of thiazole rings is 1. The van der Waals surface area contributed by atoms with E-state index in [1.807, 2.05) is 42.5 Å². The summed E-state index contributed by atoms with van der Waals surface area (Å²) in [6, 6.07) is 16.4. The van der Waals surface area contributed by atoms with Crippen molar-refractivity contribution < 1.29 is 18.7 Å². The average Bonchev–Trinajstić information content (AvgIpc) is 3.29. The van der Waals surface area contributed by atoms with Crippen LogP contribution in [0.5, 0.6) is 5.75 Å². The Labute approximate surface area is 195 Å². The Morgan fingerprint density at radius 2 is 1.91 bits per heavy atom. The van der Waals surface area contributed by atoms with Crippen LogP contribution >= 0.6 is 11.3 Å².